The summed E-state index contributed by atoms with van der Waals surface area (Å²) in [6.07, 6.45) is 6.75. The van der Waals surface area contributed by atoms with E-state index in [0.29, 0.717) is 11.1 Å². The molecule has 4 aromatic carbocycles. The van der Waals surface area contributed by atoms with Crippen LogP contribution in [-0.2, 0) is 0 Å². The van der Waals surface area contributed by atoms with Gasteiger partial charge in [0.25, 0.3) is 0 Å². The summed E-state index contributed by atoms with van der Waals surface area (Å²) >= 11 is 1.80. The summed E-state index contributed by atoms with van der Waals surface area (Å²) in [5.74, 6) is 0. The van der Waals surface area contributed by atoms with Crippen LogP contribution in [0.1, 0.15) is 11.1 Å². The van der Waals surface area contributed by atoms with Gasteiger partial charge in [-0.2, -0.15) is 10.5 Å². The van der Waals surface area contributed by atoms with Crippen molar-refractivity contribution in [1.82, 2.24) is 9.97 Å². The van der Waals surface area contributed by atoms with Crippen molar-refractivity contribution in [2.45, 2.75) is 0 Å². The topological polar surface area (TPSA) is 73.4 Å². The summed E-state index contributed by atoms with van der Waals surface area (Å²) in [6, 6.07) is 38.1. The molecule has 190 valence electrons. The monoisotopic (exact) mass is 540 g/mol. The lowest BCUT2D eigenvalue weighted by Gasteiger charge is -2.08. The van der Waals surface area contributed by atoms with E-state index in [2.05, 4.69) is 82.8 Å². The predicted molar refractivity (Wildman–Crippen MR) is 166 cm³/mol. The summed E-state index contributed by atoms with van der Waals surface area (Å²) < 4.78 is 2.49. The van der Waals surface area contributed by atoms with E-state index in [1.807, 2.05) is 36.4 Å². The number of rotatable bonds is 4. The molecule has 0 saturated heterocycles. The minimum atomic E-state index is 0.549. The van der Waals surface area contributed by atoms with E-state index in [1.165, 1.54) is 20.2 Å². The molecule has 0 aliphatic rings. The molecular weight excluding hydrogens is 520 g/mol. The molecule has 41 heavy (non-hydrogen) atoms. The third-order valence-corrected chi connectivity index (χ3v) is 8.41. The van der Waals surface area contributed by atoms with E-state index in [-0.39, 0.29) is 0 Å². The van der Waals surface area contributed by atoms with Crippen molar-refractivity contribution >= 4 is 31.5 Å². The number of hydrogen-bond acceptors (Lipinski definition) is 5. The van der Waals surface area contributed by atoms with Gasteiger partial charge in [0.2, 0.25) is 0 Å². The van der Waals surface area contributed by atoms with Gasteiger partial charge < -0.3 is 0 Å². The van der Waals surface area contributed by atoms with Gasteiger partial charge in [-0.3, -0.25) is 9.97 Å². The van der Waals surface area contributed by atoms with Gasteiger partial charge in [0.1, 0.15) is 12.1 Å². The fourth-order valence-electron chi connectivity index (χ4n) is 5.21. The minimum Gasteiger partial charge on any atom is -0.263 e. The van der Waals surface area contributed by atoms with Crippen LogP contribution in [0.15, 0.2) is 122 Å². The zero-order chi connectivity index (χ0) is 27.8. The Labute approximate surface area is 241 Å². The van der Waals surface area contributed by atoms with E-state index in [9.17, 15) is 10.5 Å². The number of aromatic nitrogens is 2. The highest BCUT2D eigenvalue weighted by molar-refractivity contribution is 7.25. The van der Waals surface area contributed by atoms with E-state index < -0.39 is 0 Å². The lowest BCUT2D eigenvalue weighted by atomic mass is 9.96. The van der Waals surface area contributed by atoms with Crippen LogP contribution in [0.25, 0.3) is 64.7 Å². The standard InChI is InChI=1S/C36H20N4S/c37-17-23-11-31(21-39-19-23)27-5-1-3-25(13-27)29-7-9-35-33(15-29)34-16-30(8-10-36(34)41-35)26-4-2-6-28(14-26)32-12-24(18-38)20-40-22-32/h1-16,19-22H. The second kappa shape index (κ2) is 10.2. The largest absolute Gasteiger partial charge is 0.263 e. The highest BCUT2D eigenvalue weighted by atomic mass is 32.1. The van der Waals surface area contributed by atoms with Crippen molar-refractivity contribution in [2.24, 2.45) is 0 Å². The number of thiophene rings is 1. The van der Waals surface area contributed by atoms with Crippen LogP contribution in [0, 0.1) is 22.7 Å². The van der Waals surface area contributed by atoms with E-state index in [1.54, 1.807) is 36.1 Å². The van der Waals surface area contributed by atoms with Crippen LogP contribution in [0.2, 0.25) is 0 Å². The van der Waals surface area contributed by atoms with Gasteiger partial charge in [0.15, 0.2) is 0 Å². The minimum absolute atomic E-state index is 0.549. The molecule has 0 radical (unpaired) electrons. The van der Waals surface area contributed by atoms with Gasteiger partial charge in [0.05, 0.1) is 11.1 Å². The smallest absolute Gasteiger partial charge is 0.101 e. The van der Waals surface area contributed by atoms with Crippen LogP contribution in [0.3, 0.4) is 0 Å². The molecule has 0 bridgehead atoms. The number of nitrogens with zero attached hydrogens (tertiary/aromatic N) is 4. The summed E-state index contributed by atoms with van der Waals surface area (Å²) in [7, 11) is 0. The highest BCUT2D eigenvalue weighted by Crippen LogP contribution is 2.39. The van der Waals surface area contributed by atoms with Crippen molar-refractivity contribution in [1.29, 1.82) is 10.5 Å². The summed E-state index contributed by atoms with van der Waals surface area (Å²) in [6.45, 7) is 0. The molecule has 4 nitrogen and oxygen atoms in total. The maximum Gasteiger partial charge on any atom is 0.101 e. The maximum atomic E-state index is 9.28. The Morgan fingerprint density at radius 1 is 0.439 bits per heavy atom. The van der Waals surface area contributed by atoms with E-state index in [4.69, 9.17) is 0 Å². The van der Waals surface area contributed by atoms with Gasteiger partial charge in [-0.05, 0) is 81.9 Å². The van der Waals surface area contributed by atoms with Gasteiger partial charge in [-0.25, -0.2) is 0 Å². The summed E-state index contributed by atoms with van der Waals surface area (Å²) in [4.78, 5) is 8.46. The predicted octanol–water partition coefficient (Wildman–Crippen LogP) is 9.26. The SMILES string of the molecule is N#Cc1cncc(-c2cccc(-c3ccc4sc5ccc(-c6cccc(-c7cncc(C#N)c7)c6)cc5c4c3)c2)c1. The average molecular weight is 541 g/mol. The molecule has 7 rings (SSSR count). The van der Waals surface area contributed by atoms with Crippen LogP contribution in [-0.4, -0.2) is 9.97 Å². The average Bonchev–Trinajstić information content (AvgIpc) is 3.42. The first-order valence-electron chi connectivity index (χ1n) is 13.1. The molecule has 0 fully saturated rings. The summed E-state index contributed by atoms with van der Waals surface area (Å²) in [5.41, 5.74) is 9.51. The Bertz CT molecular complexity index is 2040. The van der Waals surface area contributed by atoms with Crippen molar-refractivity contribution in [3.05, 3.63) is 133 Å². The molecule has 0 unspecified atom stereocenters. The van der Waals surface area contributed by atoms with Crippen LogP contribution >= 0.6 is 11.3 Å². The van der Waals surface area contributed by atoms with Gasteiger partial charge in [-0.15, -0.1) is 11.3 Å². The molecule has 0 N–H and O–H groups in total. The summed E-state index contributed by atoms with van der Waals surface area (Å²) in [5, 5.41) is 21.0. The molecule has 0 spiro atoms. The molecule has 3 heterocycles. The Kier molecular flexibility index (Phi) is 6.06. The van der Waals surface area contributed by atoms with Gasteiger partial charge >= 0.3 is 0 Å². The van der Waals surface area contributed by atoms with Crippen molar-refractivity contribution in [2.75, 3.05) is 0 Å². The highest BCUT2D eigenvalue weighted by Gasteiger charge is 2.11. The van der Waals surface area contributed by atoms with Crippen LogP contribution in [0.5, 0.6) is 0 Å². The fraction of sp³-hybridized carbons (Fsp3) is 0. The van der Waals surface area contributed by atoms with Crippen LogP contribution < -0.4 is 0 Å². The first kappa shape index (κ1) is 24.4. The third kappa shape index (κ3) is 4.61. The molecular formula is C36H20N4S. The lowest BCUT2D eigenvalue weighted by molar-refractivity contribution is 1.30. The number of hydrogen-bond donors (Lipinski definition) is 0. The molecule has 0 saturated carbocycles. The Hall–Kier alpha value is -5.62. The zero-order valence-electron chi connectivity index (χ0n) is 21.7. The second-order valence-corrected chi connectivity index (χ2v) is 10.9. The molecule has 0 amide bonds. The molecule has 5 heteroatoms. The Balaban J connectivity index is 1.29. The molecule has 3 aromatic heterocycles. The quantitative estimate of drug-likeness (QED) is 0.223. The van der Waals surface area contributed by atoms with Crippen molar-refractivity contribution < 1.29 is 0 Å². The normalized spacial score (nSPS) is 10.9. The van der Waals surface area contributed by atoms with Crippen LogP contribution in [0.4, 0.5) is 0 Å². The number of benzene rings is 4. The second-order valence-electron chi connectivity index (χ2n) is 9.83. The molecule has 0 atom stereocenters. The number of fused-ring (bicyclic) bond motifs is 3. The van der Waals surface area contributed by atoms with Crippen molar-refractivity contribution in [3.8, 4) is 56.6 Å². The Morgan fingerprint density at radius 3 is 1.29 bits per heavy atom. The van der Waals surface area contributed by atoms with E-state index >= 15 is 0 Å². The van der Waals surface area contributed by atoms with Gasteiger partial charge in [0, 0.05) is 56.1 Å². The third-order valence-electron chi connectivity index (χ3n) is 7.26. The molecule has 7 aromatic rings. The zero-order valence-corrected chi connectivity index (χ0v) is 22.6. The van der Waals surface area contributed by atoms with Gasteiger partial charge in [-0.1, -0.05) is 48.5 Å². The van der Waals surface area contributed by atoms with Crippen molar-refractivity contribution in [3.63, 3.8) is 0 Å². The number of pyridine rings is 2. The maximum absolute atomic E-state index is 9.28. The first-order chi connectivity index (χ1) is 20.2. The number of nitriles is 2. The van der Waals surface area contributed by atoms with E-state index in [0.717, 1.165) is 44.5 Å². The first-order valence-corrected chi connectivity index (χ1v) is 13.9. The molecule has 0 aliphatic heterocycles. The fourth-order valence-corrected chi connectivity index (χ4v) is 6.28. The lowest BCUT2D eigenvalue weighted by Crippen LogP contribution is -1.85. The Morgan fingerprint density at radius 2 is 0.854 bits per heavy atom. The molecule has 0 aliphatic carbocycles.